The number of unbranched alkanes of at least 4 members (excludes halogenated alkanes) is 3. The van der Waals surface area contributed by atoms with Gasteiger partial charge in [0, 0.05) is 5.69 Å². The predicted molar refractivity (Wildman–Crippen MR) is 111 cm³/mol. The van der Waals surface area contributed by atoms with E-state index in [0.717, 1.165) is 41.3 Å². The molecule has 0 saturated heterocycles. The quantitative estimate of drug-likeness (QED) is 0.549. The van der Waals surface area contributed by atoms with Gasteiger partial charge in [0.15, 0.2) is 6.10 Å². The molecule has 0 bridgehead atoms. The first-order valence-electron chi connectivity index (χ1n) is 9.78. The normalized spacial score (nSPS) is 11.7. The molecule has 1 amide bonds. The number of ether oxygens (including phenoxy) is 2. The van der Waals surface area contributed by atoms with Crippen LogP contribution in [0, 0.1) is 13.8 Å². The van der Waals surface area contributed by atoms with Gasteiger partial charge in [-0.15, -0.1) is 0 Å². The highest BCUT2D eigenvalue weighted by molar-refractivity contribution is 5.94. The Hall–Kier alpha value is -2.49. The maximum absolute atomic E-state index is 12.4. The van der Waals surface area contributed by atoms with Gasteiger partial charge in [0.05, 0.1) is 6.61 Å². The van der Waals surface area contributed by atoms with Crippen LogP contribution in [0.5, 0.6) is 11.5 Å². The Kier molecular flexibility index (Phi) is 8.18. The number of rotatable bonds is 10. The van der Waals surface area contributed by atoms with E-state index < -0.39 is 6.10 Å². The van der Waals surface area contributed by atoms with Gasteiger partial charge in [0.2, 0.25) is 0 Å². The molecule has 0 spiro atoms. The van der Waals surface area contributed by atoms with E-state index in [-0.39, 0.29) is 5.91 Å². The lowest BCUT2D eigenvalue weighted by Crippen LogP contribution is -2.30. The smallest absolute Gasteiger partial charge is 0.265 e. The molecule has 4 heteroatoms. The molecule has 0 heterocycles. The third-order valence-electron chi connectivity index (χ3n) is 4.46. The Balaban J connectivity index is 1.84. The SMILES string of the molecule is CCCCCCOc1ccc(NC(=O)C(C)Oc2c(C)cccc2C)cc1. The first-order chi connectivity index (χ1) is 13.0. The molecule has 0 aromatic heterocycles. The van der Waals surface area contributed by atoms with E-state index >= 15 is 0 Å². The van der Waals surface area contributed by atoms with Crippen LogP contribution in [-0.2, 0) is 4.79 Å². The summed E-state index contributed by atoms with van der Waals surface area (Å²) in [5.74, 6) is 1.42. The van der Waals surface area contributed by atoms with E-state index in [1.165, 1.54) is 19.3 Å². The van der Waals surface area contributed by atoms with Crippen molar-refractivity contribution < 1.29 is 14.3 Å². The van der Waals surface area contributed by atoms with Gasteiger partial charge in [-0.2, -0.15) is 0 Å². The Morgan fingerprint density at radius 1 is 1.00 bits per heavy atom. The van der Waals surface area contributed by atoms with Crippen LogP contribution in [0.2, 0.25) is 0 Å². The molecule has 1 N–H and O–H groups in total. The molecule has 0 aliphatic heterocycles. The van der Waals surface area contributed by atoms with E-state index in [2.05, 4.69) is 12.2 Å². The standard InChI is InChI=1S/C23H31NO3/c1-5-6-7-8-16-26-21-14-12-20(13-15-21)24-23(25)19(4)27-22-17(2)10-9-11-18(22)3/h9-15,19H,5-8,16H2,1-4H3,(H,24,25). The van der Waals surface area contributed by atoms with Crippen LogP contribution in [0.3, 0.4) is 0 Å². The molecule has 146 valence electrons. The molecule has 27 heavy (non-hydrogen) atoms. The first kappa shape index (κ1) is 20.8. The minimum absolute atomic E-state index is 0.175. The fraction of sp³-hybridized carbons (Fsp3) is 0.435. The summed E-state index contributed by atoms with van der Waals surface area (Å²) in [6.07, 6.45) is 4.15. The number of nitrogens with one attached hydrogen (secondary N) is 1. The average Bonchev–Trinajstić information content (AvgIpc) is 2.66. The monoisotopic (exact) mass is 369 g/mol. The van der Waals surface area contributed by atoms with Gasteiger partial charge in [-0.3, -0.25) is 4.79 Å². The van der Waals surface area contributed by atoms with Gasteiger partial charge < -0.3 is 14.8 Å². The zero-order valence-electron chi connectivity index (χ0n) is 16.9. The Bertz CT molecular complexity index is 705. The number of amides is 1. The largest absolute Gasteiger partial charge is 0.494 e. The van der Waals surface area contributed by atoms with Crippen molar-refractivity contribution in [1.29, 1.82) is 0 Å². The minimum Gasteiger partial charge on any atom is -0.494 e. The highest BCUT2D eigenvalue weighted by Gasteiger charge is 2.17. The van der Waals surface area contributed by atoms with E-state index in [1.54, 1.807) is 6.92 Å². The molecule has 0 fully saturated rings. The van der Waals surface area contributed by atoms with Crippen molar-refractivity contribution in [3.8, 4) is 11.5 Å². The van der Waals surface area contributed by atoms with E-state index in [1.807, 2.05) is 56.3 Å². The summed E-state index contributed by atoms with van der Waals surface area (Å²) in [5.41, 5.74) is 2.78. The molecule has 0 aliphatic carbocycles. The lowest BCUT2D eigenvalue weighted by molar-refractivity contribution is -0.122. The molecule has 1 atom stereocenters. The van der Waals surface area contributed by atoms with Crippen LogP contribution in [0.1, 0.15) is 50.7 Å². The molecule has 0 saturated carbocycles. The molecule has 0 aliphatic rings. The second kappa shape index (κ2) is 10.6. The van der Waals surface area contributed by atoms with Crippen molar-refractivity contribution in [3.63, 3.8) is 0 Å². The van der Waals surface area contributed by atoms with Gasteiger partial charge in [-0.05, 0) is 62.6 Å². The summed E-state index contributed by atoms with van der Waals surface area (Å²) < 4.78 is 11.6. The van der Waals surface area contributed by atoms with Crippen LogP contribution in [-0.4, -0.2) is 18.6 Å². The van der Waals surface area contributed by atoms with E-state index in [9.17, 15) is 4.79 Å². The zero-order chi connectivity index (χ0) is 19.6. The maximum Gasteiger partial charge on any atom is 0.265 e. The lowest BCUT2D eigenvalue weighted by atomic mass is 10.1. The highest BCUT2D eigenvalue weighted by atomic mass is 16.5. The molecule has 2 aromatic carbocycles. The molecule has 0 radical (unpaired) electrons. The van der Waals surface area contributed by atoms with Crippen molar-refractivity contribution in [3.05, 3.63) is 53.6 Å². The summed E-state index contributed by atoms with van der Waals surface area (Å²) in [6, 6.07) is 13.4. The minimum atomic E-state index is -0.584. The van der Waals surface area contributed by atoms with Gasteiger partial charge in [-0.1, -0.05) is 44.4 Å². The number of hydrogen-bond donors (Lipinski definition) is 1. The van der Waals surface area contributed by atoms with Crippen LogP contribution < -0.4 is 14.8 Å². The van der Waals surface area contributed by atoms with Crippen molar-refractivity contribution >= 4 is 11.6 Å². The molecule has 2 aromatic rings. The number of carbonyl (C=O) groups excluding carboxylic acids is 1. The Morgan fingerprint density at radius 2 is 1.67 bits per heavy atom. The number of anilines is 1. The second-order valence-electron chi connectivity index (χ2n) is 6.90. The zero-order valence-corrected chi connectivity index (χ0v) is 16.9. The van der Waals surface area contributed by atoms with Crippen LogP contribution in [0.15, 0.2) is 42.5 Å². The number of hydrogen-bond acceptors (Lipinski definition) is 3. The number of para-hydroxylation sites is 1. The molecule has 4 nitrogen and oxygen atoms in total. The van der Waals surface area contributed by atoms with Crippen molar-refractivity contribution in [1.82, 2.24) is 0 Å². The summed E-state index contributed by atoms with van der Waals surface area (Å²) in [4.78, 5) is 12.4. The van der Waals surface area contributed by atoms with Crippen LogP contribution in [0.4, 0.5) is 5.69 Å². The number of carbonyl (C=O) groups is 1. The number of aryl methyl sites for hydroxylation is 2. The number of benzene rings is 2. The summed E-state index contributed by atoms with van der Waals surface area (Å²) in [6.45, 7) is 8.64. The second-order valence-corrected chi connectivity index (χ2v) is 6.90. The van der Waals surface area contributed by atoms with E-state index in [4.69, 9.17) is 9.47 Å². The van der Waals surface area contributed by atoms with Gasteiger partial charge in [0.1, 0.15) is 11.5 Å². The molecule has 2 rings (SSSR count). The average molecular weight is 370 g/mol. The highest BCUT2D eigenvalue weighted by Crippen LogP contribution is 2.24. The Morgan fingerprint density at radius 3 is 2.30 bits per heavy atom. The summed E-state index contributed by atoms with van der Waals surface area (Å²) in [5, 5.41) is 2.89. The summed E-state index contributed by atoms with van der Waals surface area (Å²) >= 11 is 0. The maximum atomic E-state index is 12.4. The van der Waals surface area contributed by atoms with E-state index in [0.29, 0.717) is 0 Å². The molecular weight excluding hydrogens is 338 g/mol. The van der Waals surface area contributed by atoms with Crippen molar-refractivity contribution in [2.45, 2.75) is 59.5 Å². The molecular formula is C23H31NO3. The van der Waals surface area contributed by atoms with Gasteiger partial charge in [-0.25, -0.2) is 0 Å². The topological polar surface area (TPSA) is 47.6 Å². The first-order valence-corrected chi connectivity index (χ1v) is 9.78. The third-order valence-corrected chi connectivity index (χ3v) is 4.46. The summed E-state index contributed by atoms with van der Waals surface area (Å²) in [7, 11) is 0. The molecule has 1 unspecified atom stereocenters. The Labute approximate surface area is 162 Å². The third kappa shape index (κ3) is 6.63. The van der Waals surface area contributed by atoms with Gasteiger partial charge in [0.25, 0.3) is 5.91 Å². The predicted octanol–water partition coefficient (Wildman–Crippen LogP) is 5.67. The van der Waals surface area contributed by atoms with Crippen LogP contribution >= 0.6 is 0 Å². The van der Waals surface area contributed by atoms with Crippen molar-refractivity contribution in [2.24, 2.45) is 0 Å². The van der Waals surface area contributed by atoms with Gasteiger partial charge >= 0.3 is 0 Å². The fourth-order valence-corrected chi connectivity index (χ4v) is 2.81. The van der Waals surface area contributed by atoms with Crippen molar-refractivity contribution in [2.75, 3.05) is 11.9 Å². The lowest BCUT2D eigenvalue weighted by Gasteiger charge is -2.18. The van der Waals surface area contributed by atoms with Crippen LogP contribution in [0.25, 0.3) is 0 Å². The fourth-order valence-electron chi connectivity index (χ4n) is 2.81.